The molecular weight excluding hydrogens is 248 g/mol. The number of nitrogens with one attached hydrogen (secondary N) is 1. The molecule has 0 bridgehead atoms. The molecule has 2 rings (SSSR count). The molecule has 1 aliphatic heterocycles. The number of benzene rings is 1. The lowest BCUT2D eigenvalue weighted by Gasteiger charge is -2.31. The van der Waals surface area contributed by atoms with Crippen LogP contribution < -0.4 is 5.32 Å². The summed E-state index contributed by atoms with van der Waals surface area (Å²) >= 11 is 5.83. The van der Waals surface area contributed by atoms with Crippen LogP contribution in [0.4, 0.5) is 0 Å². The number of halogens is 1. The van der Waals surface area contributed by atoms with Gasteiger partial charge in [-0.15, -0.1) is 0 Å². The normalized spacial score (nSPS) is 16.6. The number of hydrogen-bond acceptors (Lipinski definition) is 2. The van der Waals surface area contributed by atoms with E-state index < -0.39 is 0 Å². The zero-order valence-electron chi connectivity index (χ0n) is 10.7. The zero-order valence-corrected chi connectivity index (χ0v) is 11.4. The Morgan fingerprint density at radius 2 is 1.94 bits per heavy atom. The van der Waals surface area contributed by atoms with Crippen molar-refractivity contribution in [1.82, 2.24) is 10.2 Å². The molecule has 3 nitrogen and oxygen atoms in total. The van der Waals surface area contributed by atoms with Gasteiger partial charge in [0.05, 0.1) is 6.42 Å². The van der Waals surface area contributed by atoms with Crippen molar-refractivity contribution in [2.75, 3.05) is 20.1 Å². The number of rotatable bonds is 3. The van der Waals surface area contributed by atoms with E-state index in [1.165, 1.54) is 0 Å². The molecule has 0 atom stereocenters. The standard InChI is InChI=1S/C14H19ClN2O/c1-17(13-6-8-16-9-7-13)14(18)10-11-2-4-12(15)5-3-11/h2-5,13,16H,6-10H2,1H3. The smallest absolute Gasteiger partial charge is 0.226 e. The third-order valence-electron chi connectivity index (χ3n) is 3.52. The minimum atomic E-state index is 0.184. The number of likely N-dealkylation sites (N-methyl/N-ethyl adjacent to an activating group) is 1. The van der Waals surface area contributed by atoms with Crippen LogP contribution in [0.2, 0.25) is 5.02 Å². The molecule has 1 aromatic rings. The van der Waals surface area contributed by atoms with Gasteiger partial charge in [-0.3, -0.25) is 4.79 Å². The maximum Gasteiger partial charge on any atom is 0.226 e. The van der Waals surface area contributed by atoms with Crippen molar-refractivity contribution < 1.29 is 4.79 Å². The summed E-state index contributed by atoms with van der Waals surface area (Å²) in [5, 5.41) is 4.02. The van der Waals surface area contributed by atoms with Crippen LogP contribution in [0.15, 0.2) is 24.3 Å². The molecular formula is C14H19ClN2O. The average Bonchev–Trinajstić information content (AvgIpc) is 2.41. The fraction of sp³-hybridized carbons (Fsp3) is 0.500. The predicted molar refractivity (Wildman–Crippen MR) is 73.8 cm³/mol. The van der Waals surface area contributed by atoms with Gasteiger partial charge in [0.15, 0.2) is 0 Å². The molecule has 0 aliphatic carbocycles. The van der Waals surface area contributed by atoms with Crippen molar-refractivity contribution >= 4 is 17.5 Å². The van der Waals surface area contributed by atoms with E-state index in [9.17, 15) is 4.79 Å². The van der Waals surface area contributed by atoms with Gasteiger partial charge in [0.2, 0.25) is 5.91 Å². The van der Waals surface area contributed by atoms with E-state index in [2.05, 4.69) is 5.32 Å². The zero-order chi connectivity index (χ0) is 13.0. The van der Waals surface area contributed by atoms with Crippen molar-refractivity contribution in [1.29, 1.82) is 0 Å². The third-order valence-corrected chi connectivity index (χ3v) is 3.77. The van der Waals surface area contributed by atoms with Crippen LogP contribution >= 0.6 is 11.6 Å². The summed E-state index contributed by atoms with van der Waals surface area (Å²) in [7, 11) is 1.91. The van der Waals surface area contributed by atoms with Gasteiger partial charge in [0.1, 0.15) is 0 Å². The Morgan fingerprint density at radius 1 is 1.33 bits per heavy atom. The molecule has 18 heavy (non-hydrogen) atoms. The largest absolute Gasteiger partial charge is 0.342 e. The Balaban J connectivity index is 1.92. The maximum absolute atomic E-state index is 12.2. The van der Waals surface area contributed by atoms with Crippen LogP contribution in [0.25, 0.3) is 0 Å². The Morgan fingerprint density at radius 3 is 2.56 bits per heavy atom. The second-order valence-corrected chi connectivity index (χ2v) is 5.23. The molecule has 4 heteroatoms. The molecule has 98 valence electrons. The van der Waals surface area contributed by atoms with E-state index in [1.54, 1.807) is 0 Å². The first-order valence-electron chi connectivity index (χ1n) is 6.37. The molecule has 1 fully saturated rings. The highest BCUT2D eigenvalue weighted by Gasteiger charge is 2.21. The summed E-state index contributed by atoms with van der Waals surface area (Å²) in [6.07, 6.45) is 2.54. The molecule has 0 radical (unpaired) electrons. The summed E-state index contributed by atoms with van der Waals surface area (Å²) in [5.41, 5.74) is 1.02. The lowest BCUT2D eigenvalue weighted by atomic mass is 10.0. The molecule has 1 heterocycles. The van der Waals surface area contributed by atoms with Crippen LogP contribution in [-0.4, -0.2) is 37.0 Å². The maximum atomic E-state index is 12.2. The highest BCUT2D eigenvalue weighted by molar-refractivity contribution is 6.30. The van der Waals surface area contributed by atoms with E-state index in [4.69, 9.17) is 11.6 Å². The van der Waals surface area contributed by atoms with Crippen molar-refractivity contribution in [3.8, 4) is 0 Å². The van der Waals surface area contributed by atoms with Gasteiger partial charge in [0, 0.05) is 18.1 Å². The summed E-state index contributed by atoms with van der Waals surface area (Å²) in [5.74, 6) is 0.184. The number of amides is 1. The van der Waals surface area contributed by atoms with Gasteiger partial charge in [-0.2, -0.15) is 0 Å². The molecule has 1 aromatic carbocycles. The number of nitrogens with zero attached hydrogens (tertiary/aromatic N) is 1. The van der Waals surface area contributed by atoms with Crippen LogP contribution in [0.3, 0.4) is 0 Å². The molecule has 0 spiro atoms. The summed E-state index contributed by atoms with van der Waals surface area (Å²) < 4.78 is 0. The van der Waals surface area contributed by atoms with Crippen LogP contribution in [0, 0.1) is 0 Å². The monoisotopic (exact) mass is 266 g/mol. The van der Waals surface area contributed by atoms with Gasteiger partial charge < -0.3 is 10.2 Å². The number of carbonyl (C=O) groups is 1. The molecule has 1 aliphatic rings. The van der Waals surface area contributed by atoms with Crippen LogP contribution in [-0.2, 0) is 11.2 Å². The summed E-state index contributed by atoms with van der Waals surface area (Å²) in [4.78, 5) is 14.1. The first-order chi connectivity index (χ1) is 8.66. The van der Waals surface area contributed by atoms with Crippen LogP contribution in [0.5, 0.6) is 0 Å². The van der Waals surface area contributed by atoms with Crippen molar-refractivity contribution in [2.24, 2.45) is 0 Å². The quantitative estimate of drug-likeness (QED) is 0.909. The first kappa shape index (κ1) is 13.4. The molecule has 1 saturated heterocycles. The fourth-order valence-corrected chi connectivity index (χ4v) is 2.43. The summed E-state index contributed by atoms with van der Waals surface area (Å²) in [6.45, 7) is 2.01. The Kier molecular flexibility index (Phi) is 4.61. The predicted octanol–water partition coefficient (Wildman–Crippen LogP) is 2.09. The second kappa shape index (κ2) is 6.21. The van der Waals surface area contributed by atoms with E-state index in [0.717, 1.165) is 31.5 Å². The van der Waals surface area contributed by atoms with Gasteiger partial charge in [0.25, 0.3) is 0 Å². The average molecular weight is 267 g/mol. The minimum absolute atomic E-state index is 0.184. The van der Waals surface area contributed by atoms with Crippen molar-refractivity contribution in [3.63, 3.8) is 0 Å². The van der Waals surface area contributed by atoms with Crippen LogP contribution in [0.1, 0.15) is 18.4 Å². The highest BCUT2D eigenvalue weighted by atomic mass is 35.5. The Bertz CT molecular complexity index is 399. The summed E-state index contributed by atoms with van der Waals surface area (Å²) in [6, 6.07) is 7.86. The number of piperidine rings is 1. The fourth-order valence-electron chi connectivity index (χ4n) is 2.30. The van der Waals surface area contributed by atoms with Gasteiger partial charge in [-0.25, -0.2) is 0 Å². The Hall–Kier alpha value is -1.06. The molecule has 0 saturated carbocycles. The van der Waals surface area contributed by atoms with E-state index >= 15 is 0 Å². The number of hydrogen-bond donors (Lipinski definition) is 1. The van der Waals surface area contributed by atoms with Crippen molar-refractivity contribution in [3.05, 3.63) is 34.9 Å². The van der Waals surface area contributed by atoms with E-state index in [-0.39, 0.29) is 5.91 Å². The molecule has 1 amide bonds. The van der Waals surface area contributed by atoms with E-state index in [0.29, 0.717) is 17.5 Å². The lowest BCUT2D eigenvalue weighted by Crippen LogP contribution is -2.44. The number of carbonyl (C=O) groups excluding carboxylic acids is 1. The topological polar surface area (TPSA) is 32.3 Å². The minimum Gasteiger partial charge on any atom is -0.342 e. The molecule has 0 aromatic heterocycles. The van der Waals surface area contributed by atoms with E-state index in [1.807, 2.05) is 36.2 Å². The van der Waals surface area contributed by atoms with Gasteiger partial charge in [-0.05, 0) is 43.6 Å². The highest BCUT2D eigenvalue weighted by Crippen LogP contribution is 2.14. The van der Waals surface area contributed by atoms with Crippen molar-refractivity contribution in [2.45, 2.75) is 25.3 Å². The Labute approximate surface area is 113 Å². The van der Waals surface area contributed by atoms with Gasteiger partial charge in [-0.1, -0.05) is 23.7 Å². The second-order valence-electron chi connectivity index (χ2n) is 4.79. The lowest BCUT2D eigenvalue weighted by molar-refractivity contribution is -0.131. The first-order valence-corrected chi connectivity index (χ1v) is 6.75. The van der Waals surface area contributed by atoms with Gasteiger partial charge >= 0.3 is 0 Å². The molecule has 0 unspecified atom stereocenters. The third kappa shape index (κ3) is 3.47. The molecule has 1 N–H and O–H groups in total. The SMILES string of the molecule is CN(C(=O)Cc1ccc(Cl)cc1)C1CCNCC1.